The Labute approximate surface area is 121 Å². The van der Waals surface area contributed by atoms with E-state index in [2.05, 4.69) is 78.6 Å². The highest BCUT2D eigenvalue weighted by atomic mass is 15.1. The van der Waals surface area contributed by atoms with Crippen molar-refractivity contribution in [2.24, 2.45) is 5.92 Å². The van der Waals surface area contributed by atoms with Gasteiger partial charge in [-0.3, -0.25) is 4.90 Å². The second-order valence-electron chi connectivity index (χ2n) is 5.69. The zero-order valence-electron chi connectivity index (χ0n) is 12.0. The highest BCUT2D eigenvalue weighted by Gasteiger charge is 2.23. The summed E-state index contributed by atoms with van der Waals surface area (Å²) in [5, 5.41) is 0. The van der Waals surface area contributed by atoms with E-state index in [0.29, 0.717) is 5.92 Å². The smallest absolute Gasteiger partial charge is 0.0237 e. The lowest BCUT2D eigenvalue weighted by atomic mass is 10.0. The van der Waals surface area contributed by atoms with Gasteiger partial charge in [-0.15, -0.1) is 0 Å². The van der Waals surface area contributed by atoms with Crippen molar-refractivity contribution in [2.75, 3.05) is 13.1 Å². The minimum absolute atomic E-state index is 0.652. The Hall–Kier alpha value is -1.86. The number of benzene rings is 2. The lowest BCUT2D eigenvalue weighted by Crippen LogP contribution is -2.19. The molecular formula is C19H21N. The molecule has 20 heavy (non-hydrogen) atoms. The van der Waals surface area contributed by atoms with E-state index in [9.17, 15) is 0 Å². The average Bonchev–Trinajstić information content (AvgIpc) is 2.81. The molecule has 1 aliphatic rings. The summed E-state index contributed by atoms with van der Waals surface area (Å²) in [5.74, 6) is 0.652. The number of rotatable bonds is 3. The predicted molar refractivity (Wildman–Crippen MR) is 85.3 cm³/mol. The van der Waals surface area contributed by atoms with Gasteiger partial charge in [-0.1, -0.05) is 79.2 Å². The molecule has 0 unspecified atom stereocenters. The Morgan fingerprint density at radius 3 is 2.35 bits per heavy atom. The van der Waals surface area contributed by atoms with Gasteiger partial charge in [0.15, 0.2) is 0 Å². The summed E-state index contributed by atoms with van der Waals surface area (Å²) in [6, 6.07) is 21.4. The summed E-state index contributed by atoms with van der Waals surface area (Å²) in [7, 11) is 0. The van der Waals surface area contributed by atoms with E-state index in [0.717, 1.165) is 19.6 Å². The standard InChI is InChI=1S/C19H21N/c1-16-13-20(14-18-10-6-3-7-11-18)15-19(16)12-17-8-4-2-5-9-17/h2-12,16H,13-15H2,1H3/b19-12+/t16-/m0/s1. The first-order chi connectivity index (χ1) is 9.81. The second-order valence-corrected chi connectivity index (χ2v) is 5.69. The molecule has 2 aromatic carbocycles. The van der Waals surface area contributed by atoms with Crippen molar-refractivity contribution in [3.8, 4) is 0 Å². The molecule has 0 amide bonds. The van der Waals surface area contributed by atoms with Crippen molar-refractivity contribution in [1.82, 2.24) is 4.90 Å². The molecule has 1 nitrogen and oxygen atoms in total. The molecule has 0 radical (unpaired) electrons. The van der Waals surface area contributed by atoms with Crippen molar-refractivity contribution in [3.63, 3.8) is 0 Å². The molecule has 102 valence electrons. The minimum Gasteiger partial charge on any atom is -0.295 e. The maximum atomic E-state index is 2.54. The van der Waals surface area contributed by atoms with E-state index in [-0.39, 0.29) is 0 Å². The van der Waals surface area contributed by atoms with Crippen LogP contribution in [-0.4, -0.2) is 18.0 Å². The molecule has 1 heterocycles. The van der Waals surface area contributed by atoms with Crippen molar-refractivity contribution in [2.45, 2.75) is 13.5 Å². The Morgan fingerprint density at radius 2 is 1.65 bits per heavy atom. The van der Waals surface area contributed by atoms with Crippen molar-refractivity contribution in [3.05, 3.63) is 77.4 Å². The summed E-state index contributed by atoms with van der Waals surface area (Å²) >= 11 is 0. The third-order valence-corrected chi connectivity index (χ3v) is 3.97. The van der Waals surface area contributed by atoms with Gasteiger partial charge >= 0.3 is 0 Å². The third-order valence-electron chi connectivity index (χ3n) is 3.97. The Balaban J connectivity index is 1.69. The normalized spacial score (nSPS) is 21.4. The van der Waals surface area contributed by atoms with Crippen LogP contribution in [0.3, 0.4) is 0 Å². The van der Waals surface area contributed by atoms with Gasteiger partial charge in [-0.25, -0.2) is 0 Å². The van der Waals surface area contributed by atoms with E-state index in [4.69, 9.17) is 0 Å². The van der Waals surface area contributed by atoms with Gasteiger partial charge in [0.1, 0.15) is 0 Å². The molecule has 0 N–H and O–H groups in total. The van der Waals surface area contributed by atoms with Gasteiger partial charge in [-0.2, -0.15) is 0 Å². The highest BCUT2D eigenvalue weighted by molar-refractivity contribution is 5.54. The van der Waals surface area contributed by atoms with Gasteiger partial charge in [-0.05, 0) is 17.0 Å². The van der Waals surface area contributed by atoms with Crippen molar-refractivity contribution in [1.29, 1.82) is 0 Å². The van der Waals surface area contributed by atoms with Crippen LogP contribution < -0.4 is 0 Å². The zero-order chi connectivity index (χ0) is 13.8. The monoisotopic (exact) mass is 263 g/mol. The summed E-state index contributed by atoms with van der Waals surface area (Å²) in [6.45, 7) is 5.63. The molecule has 1 heteroatoms. The van der Waals surface area contributed by atoms with Crippen LogP contribution in [-0.2, 0) is 6.54 Å². The maximum Gasteiger partial charge on any atom is 0.0237 e. The lowest BCUT2D eigenvalue weighted by Gasteiger charge is -2.14. The van der Waals surface area contributed by atoms with Crippen LogP contribution in [0.15, 0.2) is 66.2 Å². The second kappa shape index (κ2) is 6.06. The number of likely N-dealkylation sites (tertiary alicyclic amines) is 1. The number of hydrogen-bond donors (Lipinski definition) is 0. The first-order valence-corrected chi connectivity index (χ1v) is 7.33. The fourth-order valence-electron chi connectivity index (χ4n) is 2.90. The van der Waals surface area contributed by atoms with Gasteiger partial charge < -0.3 is 0 Å². The molecule has 0 bridgehead atoms. The van der Waals surface area contributed by atoms with Crippen LogP contribution in [0.5, 0.6) is 0 Å². The van der Waals surface area contributed by atoms with Crippen LogP contribution >= 0.6 is 0 Å². The molecule has 3 rings (SSSR count). The van der Waals surface area contributed by atoms with E-state index in [1.165, 1.54) is 11.1 Å². The molecule has 0 spiro atoms. The average molecular weight is 263 g/mol. The highest BCUT2D eigenvalue weighted by Crippen LogP contribution is 2.25. The molecule has 1 aliphatic heterocycles. The number of hydrogen-bond acceptors (Lipinski definition) is 1. The zero-order valence-corrected chi connectivity index (χ0v) is 12.0. The largest absolute Gasteiger partial charge is 0.295 e. The van der Waals surface area contributed by atoms with Gasteiger partial charge in [0.05, 0.1) is 0 Å². The Bertz CT molecular complexity index is 571. The van der Waals surface area contributed by atoms with Gasteiger partial charge in [0.25, 0.3) is 0 Å². The van der Waals surface area contributed by atoms with Gasteiger partial charge in [0.2, 0.25) is 0 Å². The molecular weight excluding hydrogens is 242 g/mol. The Morgan fingerprint density at radius 1 is 1.00 bits per heavy atom. The lowest BCUT2D eigenvalue weighted by molar-refractivity contribution is 0.322. The van der Waals surface area contributed by atoms with Crippen LogP contribution in [0, 0.1) is 5.92 Å². The third kappa shape index (κ3) is 3.17. The molecule has 0 saturated carbocycles. The van der Waals surface area contributed by atoms with E-state index >= 15 is 0 Å². The van der Waals surface area contributed by atoms with Crippen molar-refractivity contribution < 1.29 is 0 Å². The van der Waals surface area contributed by atoms with Crippen molar-refractivity contribution >= 4 is 6.08 Å². The molecule has 0 aliphatic carbocycles. The molecule has 1 atom stereocenters. The Kier molecular flexibility index (Phi) is 3.98. The van der Waals surface area contributed by atoms with E-state index < -0.39 is 0 Å². The molecule has 1 saturated heterocycles. The fourth-order valence-corrected chi connectivity index (χ4v) is 2.90. The summed E-state index contributed by atoms with van der Waals surface area (Å²) in [5.41, 5.74) is 4.27. The quantitative estimate of drug-likeness (QED) is 0.801. The first-order valence-electron chi connectivity index (χ1n) is 7.33. The summed E-state index contributed by atoms with van der Waals surface area (Å²) in [6.07, 6.45) is 2.36. The SMILES string of the molecule is C[C@H]1CN(Cc2ccccc2)C/C1=C\c1ccccc1. The minimum atomic E-state index is 0.652. The molecule has 0 aromatic heterocycles. The van der Waals surface area contributed by atoms with Crippen LogP contribution in [0.2, 0.25) is 0 Å². The summed E-state index contributed by atoms with van der Waals surface area (Å²) in [4.78, 5) is 2.54. The van der Waals surface area contributed by atoms with Crippen LogP contribution in [0.1, 0.15) is 18.1 Å². The number of nitrogens with zero attached hydrogens (tertiary/aromatic N) is 1. The van der Waals surface area contributed by atoms with Crippen LogP contribution in [0.25, 0.3) is 6.08 Å². The van der Waals surface area contributed by atoms with E-state index in [1.807, 2.05) is 0 Å². The van der Waals surface area contributed by atoms with Gasteiger partial charge in [0, 0.05) is 19.6 Å². The maximum absolute atomic E-state index is 2.54. The molecule has 2 aromatic rings. The predicted octanol–water partition coefficient (Wildman–Crippen LogP) is 4.22. The van der Waals surface area contributed by atoms with E-state index in [1.54, 1.807) is 5.57 Å². The molecule has 1 fully saturated rings. The fraction of sp³-hybridized carbons (Fsp3) is 0.263. The topological polar surface area (TPSA) is 3.24 Å². The first kappa shape index (κ1) is 13.1. The van der Waals surface area contributed by atoms with Crippen LogP contribution in [0.4, 0.5) is 0 Å². The summed E-state index contributed by atoms with van der Waals surface area (Å²) < 4.78 is 0.